The van der Waals surface area contributed by atoms with Gasteiger partial charge in [-0.3, -0.25) is 9.59 Å². The molecule has 0 aliphatic carbocycles. The summed E-state index contributed by atoms with van der Waals surface area (Å²) >= 11 is 0. The number of rotatable bonds is 13. The van der Waals surface area contributed by atoms with Crippen LogP contribution in [0.4, 0.5) is 4.39 Å². The van der Waals surface area contributed by atoms with Crippen molar-refractivity contribution in [1.29, 1.82) is 0 Å². The lowest BCUT2D eigenvalue weighted by molar-refractivity contribution is -0.134. The first-order chi connectivity index (χ1) is 17.1. The Kier molecular flexibility index (Phi) is 11.3. The van der Waals surface area contributed by atoms with Crippen molar-refractivity contribution in [2.24, 2.45) is 17.3 Å². The number of halogens is 1. The smallest absolute Gasteiger partial charge is 0.242 e. The zero-order valence-corrected chi connectivity index (χ0v) is 22.3. The summed E-state index contributed by atoms with van der Waals surface area (Å²) in [6, 6.07) is 13.7. The van der Waals surface area contributed by atoms with Crippen molar-refractivity contribution in [3.63, 3.8) is 0 Å². The topological polar surface area (TPSA) is 75.3 Å². The van der Waals surface area contributed by atoms with Crippen molar-refractivity contribution in [3.8, 4) is 11.1 Å². The van der Waals surface area contributed by atoms with Crippen molar-refractivity contribution < 1.29 is 18.8 Å². The summed E-state index contributed by atoms with van der Waals surface area (Å²) in [5.74, 6) is -1.26. The maximum atomic E-state index is 13.4. The number of aryl methyl sites for hydroxylation is 1. The second-order valence-electron chi connectivity index (χ2n) is 10.6. The minimum absolute atomic E-state index is 0.186. The number of likely N-dealkylation sites (N-methyl/N-ethyl adjacent to an activating group) is 1. The molecule has 2 amide bonds. The molecule has 2 rings (SSSR count). The fraction of sp³-hybridized carbons (Fsp3) is 0.500. The van der Waals surface area contributed by atoms with Gasteiger partial charge in [-0.05, 0) is 59.9 Å². The molecule has 2 aromatic carbocycles. The summed E-state index contributed by atoms with van der Waals surface area (Å²) in [6.45, 7) is 7.83. The van der Waals surface area contributed by atoms with Gasteiger partial charge >= 0.3 is 0 Å². The average molecular weight is 497 g/mol. The number of nitrogens with one attached hydrogen (secondary N) is 2. The fourth-order valence-electron chi connectivity index (χ4n) is 4.36. The quantitative estimate of drug-likeness (QED) is 0.349. The zero-order valence-electron chi connectivity index (χ0n) is 22.3. The number of hydrogen-bond acceptors (Lipinski definition) is 3. The zero-order chi connectivity index (χ0) is 26.7. The highest BCUT2D eigenvalue weighted by Gasteiger charge is 2.34. The van der Waals surface area contributed by atoms with Crippen LogP contribution >= 0.6 is 0 Å². The molecule has 0 fully saturated rings. The molecule has 36 heavy (non-hydrogen) atoms. The predicted molar refractivity (Wildman–Crippen MR) is 143 cm³/mol. The molecule has 1 unspecified atom stereocenters. The molecule has 5 nitrogen and oxygen atoms in total. The van der Waals surface area contributed by atoms with E-state index >= 15 is 0 Å². The molecule has 0 radical (unpaired) electrons. The molecule has 0 spiro atoms. The van der Waals surface area contributed by atoms with Crippen LogP contribution in [0.25, 0.3) is 11.1 Å². The highest BCUT2D eigenvalue weighted by Crippen LogP contribution is 2.26. The number of carbonyl (C=O) groups excluding carboxylic acids is 3. The lowest BCUT2D eigenvalue weighted by Gasteiger charge is -2.31. The van der Waals surface area contributed by atoms with E-state index in [1.54, 1.807) is 19.2 Å². The van der Waals surface area contributed by atoms with Crippen LogP contribution in [0.1, 0.15) is 65.4 Å². The van der Waals surface area contributed by atoms with Gasteiger partial charge in [0.15, 0.2) is 0 Å². The second-order valence-corrected chi connectivity index (χ2v) is 10.6. The number of aldehydes is 1. The van der Waals surface area contributed by atoms with Gasteiger partial charge in [-0.1, -0.05) is 76.9 Å². The molecule has 0 heterocycles. The normalized spacial score (nSPS) is 13.9. The van der Waals surface area contributed by atoms with Crippen molar-refractivity contribution in [1.82, 2.24) is 10.6 Å². The van der Waals surface area contributed by atoms with Gasteiger partial charge in [0.2, 0.25) is 11.8 Å². The van der Waals surface area contributed by atoms with Crippen LogP contribution in [0.3, 0.4) is 0 Å². The number of carbonyl (C=O) groups is 3. The Bertz CT molecular complexity index is 981. The standard InChI is InChI=1S/C30H41FN2O3/c1-6-7-8-22(20-34)19-25(28(35)33-27(29(36)32-5)30(2,3)4)14-11-21-9-12-23(13-10-21)24-15-17-26(31)18-16-24/h9-10,12-13,15-18,20,22,25,27H,6-8,11,14,19H2,1-5H3,(H,32,36)(H,33,35)/t22-,25+,27?/m0/s1. The Labute approximate surface area is 215 Å². The van der Waals surface area contributed by atoms with Crippen LogP contribution in [0.2, 0.25) is 0 Å². The Balaban J connectivity index is 2.16. The molecule has 0 aliphatic rings. The molecule has 2 N–H and O–H groups in total. The van der Waals surface area contributed by atoms with E-state index in [1.165, 1.54) is 12.1 Å². The first-order valence-electron chi connectivity index (χ1n) is 12.9. The second kappa shape index (κ2) is 13.9. The fourth-order valence-corrected chi connectivity index (χ4v) is 4.36. The Morgan fingerprint density at radius 3 is 2.03 bits per heavy atom. The molecule has 2 aromatic rings. The van der Waals surface area contributed by atoms with Gasteiger partial charge in [0.25, 0.3) is 0 Å². The van der Waals surface area contributed by atoms with Gasteiger partial charge in [0, 0.05) is 18.9 Å². The molecule has 3 atom stereocenters. The molecule has 0 saturated carbocycles. The van der Waals surface area contributed by atoms with E-state index in [0.29, 0.717) is 19.3 Å². The highest BCUT2D eigenvalue weighted by molar-refractivity contribution is 5.89. The summed E-state index contributed by atoms with van der Waals surface area (Å²) in [7, 11) is 1.56. The van der Waals surface area contributed by atoms with E-state index in [9.17, 15) is 18.8 Å². The summed E-state index contributed by atoms with van der Waals surface area (Å²) in [6.07, 6.45) is 5.36. The third kappa shape index (κ3) is 8.89. The average Bonchev–Trinajstić information content (AvgIpc) is 2.86. The summed E-state index contributed by atoms with van der Waals surface area (Å²) < 4.78 is 13.2. The molecular weight excluding hydrogens is 455 g/mol. The summed E-state index contributed by atoms with van der Waals surface area (Å²) in [4.78, 5) is 37.6. The summed E-state index contributed by atoms with van der Waals surface area (Å²) in [5, 5.41) is 5.61. The Morgan fingerprint density at radius 1 is 0.944 bits per heavy atom. The molecule has 6 heteroatoms. The van der Waals surface area contributed by atoms with Crippen LogP contribution < -0.4 is 10.6 Å². The molecular formula is C30H41FN2O3. The Morgan fingerprint density at radius 2 is 1.53 bits per heavy atom. The SMILES string of the molecule is CCCC[C@H](C=O)C[C@@H](CCc1ccc(-c2ccc(F)cc2)cc1)C(=O)NC(C(=O)NC)C(C)(C)C. The van der Waals surface area contributed by atoms with Gasteiger partial charge in [-0.15, -0.1) is 0 Å². The number of benzene rings is 2. The van der Waals surface area contributed by atoms with Gasteiger partial charge in [0.05, 0.1) is 0 Å². The first kappa shape index (κ1) is 29.2. The van der Waals surface area contributed by atoms with E-state index in [4.69, 9.17) is 0 Å². The Hall–Kier alpha value is -3.02. The lowest BCUT2D eigenvalue weighted by atomic mass is 9.84. The van der Waals surface area contributed by atoms with Gasteiger partial charge in [-0.25, -0.2) is 4.39 Å². The van der Waals surface area contributed by atoms with Crippen molar-refractivity contribution >= 4 is 18.1 Å². The van der Waals surface area contributed by atoms with E-state index < -0.39 is 11.5 Å². The van der Waals surface area contributed by atoms with E-state index in [1.807, 2.05) is 45.0 Å². The molecule has 0 aliphatic heterocycles. The maximum absolute atomic E-state index is 13.4. The number of unbranched alkanes of at least 4 members (excludes halogenated alkanes) is 1. The van der Waals surface area contributed by atoms with Crippen LogP contribution in [-0.4, -0.2) is 31.2 Å². The molecule has 196 valence electrons. The highest BCUT2D eigenvalue weighted by atomic mass is 19.1. The first-order valence-corrected chi connectivity index (χ1v) is 12.9. The van der Waals surface area contributed by atoms with Crippen LogP contribution in [0.5, 0.6) is 0 Å². The maximum Gasteiger partial charge on any atom is 0.242 e. The third-order valence-electron chi connectivity index (χ3n) is 6.65. The van der Waals surface area contributed by atoms with E-state index in [2.05, 4.69) is 17.6 Å². The van der Waals surface area contributed by atoms with Gasteiger partial charge in [-0.2, -0.15) is 0 Å². The molecule has 0 bridgehead atoms. The largest absolute Gasteiger partial charge is 0.357 e. The van der Waals surface area contributed by atoms with Crippen molar-refractivity contribution in [2.45, 2.75) is 72.3 Å². The van der Waals surface area contributed by atoms with Crippen molar-refractivity contribution in [2.75, 3.05) is 7.05 Å². The lowest BCUT2D eigenvalue weighted by Crippen LogP contribution is -2.54. The van der Waals surface area contributed by atoms with Crippen molar-refractivity contribution in [3.05, 3.63) is 59.9 Å². The van der Waals surface area contributed by atoms with Crippen LogP contribution in [-0.2, 0) is 20.8 Å². The minimum Gasteiger partial charge on any atom is -0.357 e. The third-order valence-corrected chi connectivity index (χ3v) is 6.65. The summed E-state index contributed by atoms with van der Waals surface area (Å²) in [5.41, 5.74) is 2.55. The molecule has 0 saturated heterocycles. The van der Waals surface area contributed by atoms with Crippen LogP contribution in [0.15, 0.2) is 48.5 Å². The van der Waals surface area contributed by atoms with E-state index in [0.717, 1.165) is 42.2 Å². The van der Waals surface area contributed by atoms with Gasteiger partial charge in [0.1, 0.15) is 18.1 Å². The number of amides is 2. The minimum atomic E-state index is -0.669. The van der Waals surface area contributed by atoms with E-state index in [-0.39, 0.29) is 29.5 Å². The predicted octanol–water partition coefficient (Wildman–Crippen LogP) is 5.71. The number of hydrogen-bond donors (Lipinski definition) is 2. The monoisotopic (exact) mass is 496 g/mol. The van der Waals surface area contributed by atoms with Crippen LogP contribution in [0, 0.1) is 23.1 Å². The van der Waals surface area contributed by atoms with Gasteiger partial charge < -0.3 is 15.4 Å². The molecule has 0 aromatic heterocycles.